The van der Waals surface area contributed by atoms with Gasteiger partial charge in [0.05, 0.1) is 4.92 Å². The van der Waals surface area contributed by atoms with Crippen LogP contribution in [0.25, 0.3) is 0 Å². The van der Waals surface area contributed by atoms with Crippen LogP contribution in [0.2, 0.25) is 0 Å². The Hall–Kier alpha value is -2.15. The number of carbonyl (C=O) groups is 1. The number of benzene rings is 1. The summed E-state index contributed by atoms with van der Waals surface area (Å²) in [5.74, 6) is 0.917. The Morgan fingerprint density at radius 1 is 1.41 bits per heavy atom. The predicted octanol–water partition coefficient (Wildman–Crippen LogP) is 1.00. The first-order chi connectivity index (χ1) is 10.6. The lowest BCUT2D eigenvalue weighted by Crippen LogP contribution is -2.40. The van der Waals surface area contributed by atoms with Crippen molar-refractivity contribution in [3.63, 3.8) is 0 Å². The van der Waals surface area contributed by atoms with Crippen molar-refractivity contribution in [3.05, 3.63) is 33.9 Å². The van der Waals surface area contributed by atoms with Crippen LogP contribution < -0.4 is 15.5 Å². The smallest absolute Gasteiger partial charge is 0.293 e. The molecule has 2 heterocycles. The minimum Gasteiger partial charge on any atom is -0.366 e. The summed E-state index contributed by atoms with van der Waals surface area (Å²) >= 11 is 0. The number of anilines is 1. The highest BCUT2D eigenvalue weighted by molar-refractivity contribution is 5.95. The van der Waals surface area contributed by atoms with Crippen molar-refractivity contribution in [1.29, 1.82) is 0 Å². The van der Waals surface area contributed by atoms with Crippen LogP contribution in [0.15, 0.2) is 18.2 Å². The molecular formula is C15H20N4O3. The zero-order valence-electron chi connectivity index (χ0n) is 12.5. The Morgan fingerprint density at radius 2 is 2.18 bits per heavy atom. The number of nitro benzene ring substituents is 1. The van der Waals surface area contributed by atoms with Gasteiger partial charge in [-0.05, 0) is 43.5 Å². The number of nitro groups is 1. The summed E-state index contributed by atoms with van der Waals surface area (Å²) in [7, 11) is 1.51. The van der Waals surface area contributed by atoms with E-state index in [-0.39, 0.29) is 11.6 Å². The second-order valence-electron chi connectivity index (χ2n) is 5.95. The van der Waals surface area contributed by atoms with Crippen molar-refractivity contribution in [1.82, 2.24) is 10.6 Å². The summed E-state index contributed by atoms with van der Waals surface area (Å²) in [6.07, 6.45) is 1.05. The minimum absolute atomic E-state index is 0.00510. The molecule has 2 aliphatic rings. The molecule has 0 radical (unpaired) electrons. The number of carbonyl (C=O) groups excluding carboxylic acids is 1. The van der Waals surface area contributed by atoms with Crippen LogP contribution >= 0.6 is 0 Å². The summed E-state index contributed by atoms with van der Waals surface area (Å²) in [5.41, 5.74) is 0.934. The number of hydrogen-bond acceptors (Lipinski definition) is 5. The molecule has 7 heteroatoms. The zero-order valence-corrected chi connectivity index (χ0v) is 12.5. The molecule has 3 rings (SSSR count). The molecule has 0 spiro atoms. The van der Waals surface area contributed by atoms with Gasteiger partial charge in [-0.25, -0.2) is 0 Å². The van der Waals surface area contributed by atoms with Gasteiger partial charge in [0.1, 0.15) is 5.69 Å². The van der Waals surface area contributed by atoms with Gasteiger partial charge in [-0.15, -0.1) is 0 Å². The van der Waals surface area contributed by atoms with Gasteiger partial charge in [-0.1, -0.05) is 0 Å². The lowest BCUT2D eigenvalue weighted by molar-refractivity contribution is -0.384. The first-order valence-corrected chi connectivity index (χ1v) is 7.56. The molecule has 1 aromatic rings. The third-order valence-electron chi connectivity index (χ3n) is 4.71. The number of piperidine rings is 1. The standard InChI is InChI=1S/C15H20N4O3/c1-16-15(20)10-2-3-13(14(6-10)19(21)22)18-5-4-11-7-17-8-12(11)9-18/h2-3,6,11-12,17H,4-5,7-9H2,1H3,(H,16,20). The maximum atomic E-state index is 11.7. The van der Waals surface area contributed by atoms with E-state index in [2.05, 4.69) is 15.5 Å². The van der Waals surface area contributed by atoms with E-state index in [1.807, 2.05) is 0 Å². The van der Waals surface area contributed by atoms with Crippen LogP contribution in [0.4, 0.5) is 11.4 Å². The molecule has 2 saturated heterocycles. The Balaban J connectivity index is 1.89. The molecule has 1 amide bonds. The van der Waals surface area contributed by atoms with E-state index in [1.54, 1.807) is 12.1 Å². The van der Waals surface area contributed by atoms with Crippen molar-refractivity contribution in [2.45, 2.75) is 6.42 Å². The molecule has 118 valence electrons. The number of nitrogens with one attached hydrogen (secondary N) is 2. The molecule has 2 atom stereocenters. The highest BCUT2D eigenvalue weighted by Crippen LogP contribution is 2.35. The Labute approximate surface area is 128 Å². The van der Waals surface area contributed by atoms with Crippen LogP contribution in [0, 0.1) is 22.0 Å². The van der Waals surface area contributed by atoms with Crippen molar-refractivity contribution in [3.8, 4) is 0 Å². The third kappa shape index (κ3) is 2.64. The fourth-order valence-electron chi connectivity index (χ4n) is 3.48. The molecule has 22 heavy (non-hydrogen) atoms. The minimum atomic E-state index is -0.402. The van der Waals surface area contributed by atoms with Gasteiger partial charge in [-0.2, -0.15) is 0 Å². The van der Waals surface area contributed by atoms with E-state index in [0.717, 1.165) is 32.6 Å². The monoisotopic (exact) mass is 304 g/mol. The maximum Gasteiger partial charge on any atom is 0.293 e. The van der Waals surface area contributed by atoms with E-state index < -0.39 is 4.92 Å². The number of rotatable bonds is 3. The van der Waals surface area contributed by atoms with Crippen molar-refractivity contribution >= 4 is 17.3 Å². The van der Waals surface area contributed by atoms with Gasteiger partial charge in [0.15, 0.2) is 0 Å². The molecule has 7 nitrogen and oxygen atoms in total. The molecule has 2 fully saturated rings. The summed E-state index contributed by atoms with van der Waals surface area (Å²) in [4.78, 5) is 24.7. The summed E-state index contributed by atoms with van der Waals surface area (Å²) in [6.45, 7) is 3.68. The van der Waals surface area contributed by atoms with Crippen LogP contribution in [-0.2, 0) is 0 Å². The van der Waals surface area contributed by atoms with E-state index in [0.29, 0.717) is 23.1 Å². The number of fused-ring (bicyclic) bond motifs is 1. The van der Waals surface area contributed by atoms with Crippen LogP contribution in [-0.4, -0.2) is 44.1 Å². The van der Waals surface area contributed by atoms with E-state index in [4.69, 9.17) is 0 Å². The Bertz CT molecular complexity index is 604. The van der Waals surface area contributed by atoms with E-state index >= 15 is 0 Å². The normalized spacial score (nSPS) is 24.0. The fourth-order valence-corrected chi connectivity index (χ4v) is 3.48. The second-order valence-corrected chi connectivity index (χ2v) is 5.95. The van der Waals surface area contributed by atoms with Crippen molar-refractivity contribution < 1.29 is 9.72 Å². The van der Waals surface area contributed by atoms with Gasteiger partial charge in [0, 0.05) is 31.8 Å². The Kier molecular flexibility index (Phi) is 3.98. The predicted molar refractivity (Wildman–Crippen MR) is 83.2 cm³/mol. The molecule has 2 unspecified atom stereocenters. The molecule has 1 aromatic carbocycles. The van der Waals surface area contributed by atoms with Gasteiger partial charge in [0.25, 0.3) is 11.6 Å². The molecule has 2 aliphatic heterocycles. The number of nitrogens with zero attached hydrogens (tertiary/aromatic N) is 2. The average Bonchev–Trinajstić information content (AvgIpc) is 3.01. The van der Waals surface area contributed by atoms with Crippen molar-refractivity contribution in [2.24, 2.45) is 11.8 Å². The summed E-state index contributed by atoms with van der Waals surface area (Å²) in [6, 6.07) is 4.72. The molecule has 0 aliphatic carbocycles. The molecule has 0 bridgehead atoms. The van der Waals surface area contributed by atoms with Crippen molar-refractivity contribution in [2.75, 3.05) is 38.1 Å². The number of hydrogen-bond donors (Lipinski definition) is 2. The van der Waals surface area contributed by atoms with Gasteiger partial charge >= 0.3 is 0 Å². The highest BCUT2D eigenvalue weighted by atomic mass is 16.6. The zero-order chi connectivity index (χ0) is 15.7. The molecular weight excluding hydrogens is 284 g/mol. The summed E-state index contributed by atoms with van der Waals surface area (Å²) < 4.78 is 0. The fraction of sp³-hybridized carbons (Fsp3) is 0.533. The summed E-state index contributed by atoms with van der Waals surface area (Å²) in [5, 5.41) is 17.3. The van der Waals surface area contributed by atoms with Crippen LogP contribution in [0.5, 0.6) is 0 Å². The van der Waals surface area contributed by atoms with Crippen LogP contribution in [0.3, 0.4) is 0 Å². The largest absolute Gasteiger partial charge is 0.366 e. The topological polar surface area (TPSA) is 87.5 Å². The quantitative estimate of drug-likeness (QED) is 0.642. The van der Waals surface area contributed by atoms with E-state index in [1.165, 1.54) is 13.1 Å². The lowest BCUT2D eigenvalue weighted by atomic mass is 9.88. The first kappa shape index (κ1) is 14.8. The third-order valence-corrected chi connectivity index (χ3v) is 4.71. The van der Waals surface area contributed by atoms with Crippen LogP contribution in [0.1, 0.15) is 16.8 Å². The first-order valence-electron chi connectivity index (χ1n) is 7.56. The number of amides is 1. The average molecular weight is 304 g/mol. The molecule has 2 N–H and O–H groups in total. The van der Waals surface area contributed by atoms with Gasteiger partial charge < -0.3 is 15.5 Å². The maximum absolute atomic E-state index is 11.7. The lowest BCUT2D eigenvalue weighted by Gasteiger charge is -2.35. The Morgan fingerprint density at radius 3 is 2.91 bits per heavy atom. The molecule has 0 saturated carbocycles. The molecule has 0 aromatic heterocycles. The van der Waals surface area contributed by atoms with Gasteiger partial charge in [0.2, 0.25) is 0 Å². The highest BCUT2D eigenvalue weighted by Gasteiger charge is 2.34. The second kappa shape index (κ2) is 5.92. The van der Waals surface area contributed by atoms with Gasteiger partial charge in [-0.3, -0.25) is 14.9 Å². The SMILES string of the molecule is CNC(=O)c1ccc(N2CCC3CNCC3C2)c([N+](=O)[O-])c1. The van der Waals surface area contributed by atoms with E-state index in [9.17, 15) is 14.9 Å².